The van der Waals surface area contributed by atoms with Gasteiger partial charge in [-0.15, -0.1) is 0 Å². The highest BCUT2D eigenvalue weighted by Gasteiger charge is 2.23. The molecule has 1 aromatic carbocycles. The molecule has 0 saturated heterocycles. The van der Waals surface area contributed by atoms with E-state index >= 15 is 0 Å². The molecule has 0 spiro atoms. The minimum absolute atomic E-state index is 0.257. The molecule has 0 atom stereocenters. The van der Waals surface area contributed by atoms with Gasteiger partial charge in [0.2, 0.25) is 0 Å². The first-order chi connectivity index (χ1) is 8.34. The van der Waals surface area contributed by atoms with Crippen molar-refractivity contribution in [3.63, 3.8) is 0 Å². The fourth-order valence-electron chi connectivity index (χ4n) is 1.12. The number of anilines is 1. The molecule has 0 aliphatic heterocycles. The normalized spacial score (nSPS) is 10.9. The van der Waals surface area contributed by atoms with E-state index in [0.717, 1.165) is 0 Å². The molecule has 0 bridgehead atoms. The Balaban J connectivity index is 2.60. The molecule has 18 heavy (non-hydrogen) atoms. The van der Waals surface area contributed by atoms with Crippen molar-refractivity contribution in [3.05, 3.63) is 29.3 Å². The van der Waals surface area contributed by atoms with Gasteiger partial charge in [-0.2, -0.15) is 0 Å². The predicted octanol–water partition coefficient (Wildman–Crippen LogP) is 1.17. The molecule has 1 aromatic rings. The summed E-state index contributed by atoms with van der Waals surface area (Å²) in [5.41, 5.74) is -0.365. The molecule has 0 saturated carbocycles. The summed E-state index contributed by atoms with van der Waals surface area (Å²) in [5, 5.41) is 14.4. The van der Waals surface area contributed by atoms with Crippen LogP contribution in [-0.2, 0) is 9.59 Å². The molecule has 5 nitrogen and oxygen atoms in total. The van der Waals surface area contributed by atoms with Crippen LogP contribution in [0.15, 0.2) is 24.3 Å². The Morgan fingerprint density at radius 3 is 2.28 bits per heavy atom. The van der Waals surface area contributed by atoms with E-state index in [4.69, 9.17) is 16.7 Å². The summed E-state index contributed by atoms with van der Waals surface area (Å²) in [7, 11) is 0. The van der Waals surface area contributed by atoms with Gasteiger partial charge in [-0.3, -0.25) is 9.59 Å². The summed E-state index contributed by atoms with van der Waals surface area (Å²) in [4.78, 5) is 23.1. The maximum atomic E-state index is 11.6. The van der Waals surface area contributed by atoms with Crippen LogP contribution in [0.2, 0.25) is 5.02 Å². The average Bonchev–Trinajstić information content (AvgIpc) is 2.31. The van der Waals surface area contributed by atoms with Crippen molar-refractivity contribution in [2.45, 2.75) is 19.4 Å². The number of halogens is 1. The maximum absolute atomic E-state index is 11.6. The monoisotopic (exact) mass is 270 g/mol. The van der Waals surface area contributed by atoms with Gasteiger partial charge >= 0.3 is 11.8 Å². The Bertz CT molecular complexity index is 443. The molecule has 0 unspecified atom stereocenters. The zero-order valence-corrected chi connectivity index (χ0v) is 10.9. The maximum Gasteiger partial charge on any atom is 0.313 e. The highest BCUT2D eigenvalue weighted by Crippen LogP contribution is 2.13. The van der Waals surface area contributed by atoms with Crippen LogP contribution in [0.5, 0.6) is 0 Å². The Kier molecular flexibility index (Phi) is 4.69. The number of carbonyl (C=O) groups is 2. The van der Waals surface area contributed by atoms with Crippen molar-refractivity contribution in [1.29, 1.82) is 0 Å². The van der Waals surface area contributed by atoms with Crippen LogP contribution in [0, 0.1) is 0 Å². The third-order valence-corrected chi connectivity index (χ3v) is 2.41. The molecule has 0 fully saturated rings. The molecule has 1 rings (SSSR count). The highest BCUT2D eigenvalue weighted by atomic mass is 35.5. The van der Waals surface area contributed by atoms with Crippen molar-refractivity contribution in [3.8, 4) is 0 Å². The van der Waals surface area contributed by atoms with Gasteiger partial charge in [0.15, 0.2) is 0 Å². The van der Waals surface area contributed by atoms with Crippen LogP contribution in [-0.4, -0.2) is 29.1 Å². The van der Waals surface area contributed by atoms with E-state index in [1.165, 1.54) is 0 Å². The van der Waals surface area contributed by atoms with E-state index in [9.17, 15) is 9.59 Å². The molecule has 0 aromatic heterocycles. The number of rotatable bonds is 3. The van der Waals surface area contributed by atoms with E-state index in [-0.39, 0.29) is 6.61 Å². The third kappa shape index (κ3) is 4.35. The zero-order chi connectivity index (χ0) is 13.8. The van der Waals surface area contributed by atoms with Crippen molar-refractivity contribution in [2.24, 2.45) is 0 Å². The van der Waals surface area contributed by atoms with Crippen LogP contribution in [0.25, 0.3) is 0 Å². The lowest BCUT2D eigenvalue weighted by atomic mass is 10.1. The third-order valence-electron chi connectivity index (χ3n) is 2.16. The first-order valence-electron chi connectivity index (χ1n) is 5.34. The van der Waals surface area contributed by atoms with Crippen molar-refractivity contribution in [1.82, 2.24) is 5.32 Å². The minimum Gasteiger partial charge on any atom is -0.394 e. The smallest absolute Gasteiger partial charge is 0.313 e. The minimum atomic E-state index is -0.839. The molecular weight excluding hydrogens is 256 g/mol. The summed E-state index contributed by atoms with van der Waals surface area (Å²) in [6.45, 7) is 2.97. The molecule has 3 N–H and O–H groups in total. The van der Waals surface area contributed by atoms with Gasteiger partial charge in [-0.05, 0) is 38.1 Å². The lowest BCUT2D eigenvalue weighted by Gasteiger charge is -2.22. The van der Waals surface area contributed by atoms with Crippen molar-refractivity contribution >= 4 is 29.1 Å². The molecule has 0 heterocycles. The van der Waals surface area contributed by atoms with Gasteiger partial charge in [-0.25, -0.2) is 0 Å². The number of aliphatic hydroxyl groups is 1. The standard InChI is InChI=1S/C12H15ClN2O3/c1-12(2,7-16)15-11(18)10(17)14-9-5-3-8(13)4-6-9/h3-6,16H,7H2,1-2H3,(H,14,17)(H,15,18). The van der Waals surface area contributed by atoms with E-state index < -0.39 is 17.4 Å². The second kappa shape index (κ2) is 5.84. The molecule has 6 heteroatoms. The van der Waals surface area contributed by atoms with Gasteiger partial charge < -0.3 is 15.7 Å². The van der Waals surface area contributed by atoms with Gasteiger partial charge in [0.1, 0.15) is 0 Å². The largest absolute Gasteiger partial charge is 0.394 e. The summed E-state index contributed by atoms with van der Waals surface area (Å²) < 4.78 is 0. The van der Waals surface area contributed by atoms with Crippen molar-refractivity contribution in [2.75, 3.05) is 11.9 Å². The second-order valence-electron chi connectivity index (χ2n) is 4.46. The van der Waals surface area contributed by atoms with Crippen LogP contribution in [0.4, 0.5) is 5.69 Å². The molecule has 2 amide bonds. The average molecular weight is 271 g/mol. The van der Waals surface area contributed by atoms with E-state index in [1.807, 2.05) is 0 Å². The fourth-order valence-corrected chi connectivity index (χ4v) is 1.25. The second-order valence-corrected chi connectivity index (χ2v) is 4.89. The van der Waals surface area contributed by atoms with Gasteiger partial charge in [0.05, 0.1) is 12.1 Å². The summed E-state index contributed by atoms with van der Waals surface area (Å²) in [6, 6.07) is 6.38. The summed E-state index contributed by atoms with van der Waals surface area (Å²) >= 11 is 5.70. The van der Waals surface area contributed by atoms with Crippen molar-refractivity contribution < 1.29 is 14.7 Å². The Hall–Kier alpha value is -1.59. The van der Waals surface area contributed by atoms with Crippen LogP contribution >= 0.6 is 11.6 Å². The van der Waals surface area contributed by atoms with Crippen LogP contribution in [0.3, 0.4) is 0 Å². The summed E-state index contributed by atoms with van der Waals surface area (Å²) in [5.74, 6) is -1.59. The quantitative estimate of drug-likeness (QED) is 0.722. The van der Waals surface area contributed by atoms with E-state index in [1.54, 1.807) is 38.1 Å². The van der Waals surface area contributed by atoms with E-state index in [0.29, 0.717) is 10.7 Å². The first-order valence-corrected chi connectivity index (χ1v) is 5.72. The lowest BCUT2D eigenvalue weighted by molar-refractivity contribution is -0.137. The highest BCUT2D eigenvalue weighted by molar-refractivity contribution is 6.39. The number of carbonyl (C=O) groups excluding carboxylic acids is 2. The number of nitrogens with one attached hydrogen (secondary N) is 2. The van der Waals surface area contributed by atoms with E-state index in [2.05, 4.69) is 10.6 Å². The summed E-state index contributed by atoms with van der Waals surface area (Å²) in [6.07, 6.45) is 0. The molecule has 0 radical (unpaired) electrons. The predicted molar refractivity (Wildman–Crippen MR) is 69.4 cm³/mol. The SMILES string of the molecule is CC(C)(CO)NC(=O)C(=O)Nc1ccc(Cl)cc1. The number of aliphatic hydroxyl groups excluding tert-OH is 1. The van der Waals surface area contributed by atoms with Gasteiger partial charge in [0.25, 0.3) is 0 Å². The Morgan fingerprint density at radius 2 is 1.78 bits per heavy atom. The lowest BCUT2D eigenvalue weighted by Crippen LogP contribution is -2.50. The number of benzene rings is 1. The Morgan fingerprint density at radius 1 is 1.22 bits per heavy atom. The number of amides is 2. The number of hydrogen-bond donors (Lipinski definition) is 3. The zero-order valence-electron chi connectivity index (χ0n) is 10.2. The molecule has 98 valence electrons. The topological polar surface area (TPSA) is 78.4 Å². The first kappa shape index (κ1) is 14.5. The molecule has 0 aliphatic rings. The van der Waals surface area contributed by atoms with Crippen LogP contribution < -0.4 is 10.6 Å². The number of hydrogen-bond acceptors (Lipinski definition) is 3. The Labute approximate surface area is 110 Å². The van der Waals surface area contributed by atoms with Gasteiger partial charge in [-0.1, -0.05) is 11.6 Å². The van der Waals surface area contributed by atoms with Crippen LogP contribution in [0.1, 0.15) is 13.8 Å². The molecule has 0 aliphatic carbocycles. The molecular formula is C12H15ClN2O3. The fraction of sp³-hybridized carbons (Fsp3) is 0.333. The van der Waals surface area contributed by atoms with Gasteiger partial charge in [0, 0.05) is 10.7 Å².